The number of rotatable bonds is 3. The lowest BCUT2D eigenvalue weighted by Gasteiger charge is -2.22. The minimum atomic E-state index is -0.156. The summed E-state index contributed by atoms with van der Waals surface area (Å²) in [6, 6.07) is 5.54. The average Bonchev–Trinajstić information content (AvgIpc) is 2.91. The molecule has 1 aliphatic rings. The lowest BCUT2D eigenvalue weighted by molar-refractivity contribution is 0.490. The largest absolute Gasteiger partial charge is 0.380 e. The number of hydrogen-bond acceptors (Lipinski definition) is 1. The average molecular weight is 207 g/mol. The molecule has 1 atom stereocenters. The fraction of sp³-hybridized carbons (Fsp3) is 0.538. The molecule has 1 saturated carbocycles. The zero-order chi connectivity index (χ0) is 11.1. The van der Waals surface area contributed by atoms with Gasteiger partial charge in [-0.1, -0.05) is 13.0 Å². The second-order valence-corrected chi connectivity index (χ2v) is 5.00. The van der Waals surface area contributed by atoms with E-state index in [1.165, 1.54) is 18.9 Å². The molecule has 0 bridgehead atoms. The van der Waals surface area contributed by atoms with Crippen molar-refractivity contribution < 1.29 is 4.39 Å². The van der Waals surface area contributed by atoms with Crippen LogP contribution in [0.2, 0.25) is 0 Å². The van der Waals surface area contributed by atoms with Gasteiger partial charge in [-0.05, 0) is 49.8 Å². The molecule has 82 valence electrons. The highest BCUT2D eigenvalue weighted by atomic mass is 19.1. The maximum Gasteiger partial charge on any atom is 0.146 e. The van der Waals surface area contributed by atoms with Crippen molar-refractivity contribution in [1.29, 1.82) is 0 Å². The van der Waals surface area contributed by atoms with Gasteiger partial charge >= 0.3 is 0 Å². The topological polar surface area (TPSA) is 12.0 Å². The number of hydrogen-bond donors (Lipinski definition) is 1. The summed E-state index contributed by atoms with van der Waals surface area (Å²) >= 11 is 0. The lowest BCUT2D eigenvalue weighted by atomic mass is 10.0. The van der Waals surface area contributed by atoms with Crippen LogP contribution in [-0.2, 0) is 0 Å². The van der Waals surface area contributed by atoms with Crippen LogP contribution in [0.1, 0.15) is 32.3 Å². The summed E-state index contributed by atoms with van der Waals surface area (Å²) in [4.78, 5) is 0. The van der Waals surface area contributed by atoms with Crippen molar-refractivity contribution in [3.63, 3.8) is 0 Å². The van der Waals surface area contributed by atoms with Crippen LogP contribution in [0.4, 0.5) is 10.1 Å². The van der Waals surface area contributed by atoms with Crippen molar-refractivity contribution >= 4 is 5.69 Å². The molecule has 1 aliphatic carbocycles. The van der Waals surface area contributed by atoms with Crippen molar-refractivity contribution in [1.82, 2.24) is 0 Å². The minimum absolute atomic E-state index is 0.156. The molecule has 1 N–H and O–H groups in total. The van der Waals surface area contributed by atoms with Crippen LogP contribution in [0.5, 0.6) is 0 Å². The van der Waals surface area contributed by atoms with E-state index >= 15 is 0 Å². The Balaban J connectivity index is 2.13. The molecular weight excluding hydrogens is 189 g/mol. The number of aryl methyl sites for hydroxylation is 1. The molecule has 0 spiro atoms. The summed E-state index contributed by atoms with van der Waals surface area (Å²) < 4.78 is 13.5. The maximum absolute atomic E-state index is 13.5. The molecule has 0 heterocycles. The molecule has 0 aliphatic heterocycles. The Bertz CT molecular complexity index is 369. The van der Waals surface area contributed by atoms with Crippen molar-refractivity contribution in [3.05, 3.63) is 29.6 Å². The van der Waals surface area contributed by atoms with E-state index in [9.17, 15) is 4.39 Å². The van der Waals surface area contributed by atoms with E-state index in [0.29, 0.717) is 17.1 Å². The zero-order valence-electron chi connectivity index (χ0n) is 9.60. The molecule has 1 nitrogen and oxygen atoms in total. The monoisotopic (exact) mass is 207 g/mol. The van der Waals surface area contributed by atoms with Gasteiger partial charge in [-0.25, -0.2) is 4.39 Å². The Morgan fingerprint density at radius 1 is 1.40 bits per heavy atom. The summed E-state index contributed by atoms with van der Waals surface area (Å²) in [6.45, 7) is 6.36. The molecule has 0 amide bonds. The summed E-state index contributed by atoms with van der Waals surface area (Å²) in [5, 5.41) is 3.28. The van der Waals surface area contributed by atoms with Crippen molar-refractivity contribution in [3.8, 4) is 0 Å². The van der Waals surface area contributed by atoms with E-state index in [1.54, 1.807) is 6.07 Å². The first-order valence-electron chi connectivity index (χ1n) is 5.54. The lowest BCUT2D eigenvalue weighted by Crippen LogP contribution is -2.25. The van der Waals surface area contributed by atoms with Crippen LogP contribution >= 0.6 is 0 Å². The molecule has 1 unspecified atom stereocenters. The summed E-state index contributed by atoms with van der Waals surface area (Å²) in [7, 11) is 0. The normalized spacial score (nSPS) is 19.7. The van der Waals surface area contributed by atoms with E-state index in [1.807, 2.05) is 13.0 Å². The third kappa shape index (κ3) is 2.14. The quantitative estimate of drug-likeness (QED) is 0.796. The van der Waals surface area contributed by atoms with Crippen LogP contribution in [0, 0.1) is 18.2 Å². The van der Waals surface area contributed by atoms with Crippen LogP contribution < -0.4 is 5.32 Å². The molecule has 0 radical (unpaired) electrons. The van der Waals surface area contributed by atoms with Gasteiger partial charge in [0.1, 0.15) is 5.82 Å². The second-order valence-electron chi connectivity index (χ2n) is 5.00. The Kier molecular flexibility index (Phi) is 2.45. The van der Waals surface area contributed by atoms with E-state index in [2.05, 4.69) is 19.2 Å². The van der Waals surface area contributed by atoms with E-state index in [0.717, 1.165) is 5.56 Å². The van der Waals surface area contributed by atoms with Crippen molar-refractivity contribution in [2.24, 2.45) is 5.41 Å². The molecule has 0 aromatic heterocycles. The molecule has 1 fully saturated rings. The van der Waals surface area contributed by atoms with Crippen molar-refractivity contribution in [2.45, 2.75) is 39.7 Å². The number of anilines is 1. The van der Waals surface area contributed by atoms with Crippen LogP contribution in [0.3, 0.4) is 0 Å². The molecule has 2 rings (SSSR count). The highest BCUT2D eigenvalue weighted by Gasteiger charge is 2.42. The first kappa shape index (κ1) is 10.5. The minimum Gasteiger partial charge on any atom is -0.380 e. The third-order valence-electron chi connectivity index (χ3n) is 3.58. The first-order chi connectivity index (χ1) is 7.01. The molecule has 0 saturated heterocycles. The van der Waals surface area contributed by atoms with Gasteiger partial charge in [-0.2, -0.15) is 0 Å². The smallest absolute Gasteiger partial charge is 0.146 e. The first-order valence-corrected chi connectivity index (χ1v) is 5.54. The fourth-order valence-electron chi connectivity index (χ4n) is 1.79. The van der Waals surface area contributed by atoms with Gasteiger partial charge in [0.05, 0.1) is 5.69 Å². The Morgan fingerprint density at radius 2 is 2.07 bits per heavy atom. The number of benzene rings is 1. The number of halogens is 1. The van der Waals surface area contributed by atoms with Crippen molar-refractivity contribution in [2.75, 3.05) is 5.32 Å². The Hall–Kier alpha value is -1.05. The molecule has 2 heteroatoms. The zero-order valence-corrected chi connectivity index (χ0v) is 9.60. The highest BCUT2D eigenvalue weighted by Crippen LogP contribution is 2.48. The number of nitrogens with one attached hydrogen (secondary N) is 1. The Morgan fingerprint density at radius 3 is 2.67 bits per heavy atom. The van der Waals surface area contributed by atoms with Crippen LogP contribution in [-0.4, -0.2) is 6.04 Å². The highest BCUT2D eigenvalue weighted by molar-refractivity contribution is 5.48. The van der Waals surface area contributed by atoms with Gasteiger partial charge in [0.25, 0.3) is 0 Å². The molecule has 1 aromatic rings. The molecule has 1 aromatic carbocycles. The van der Waals surface area contributed by atoms with Gasteiger partial charge in [0.2, 0.25) is 0 Å². The SMILES string of the molecule is Cc1ccc(F)c(NC(C)C2(C)CC2)c1. The van der Waals surface area contributed by atoms with Gasteiger partial charge < -0.3 is 5.32 Å². The van der Waals surface area contributed by atoms with E-state index in [-0.39, 0.29) is 5.82 Å². The van der Waals surface area contributed by atoms with Gasteiger partial charge in [-0.15, -0.1) is 0 Å². The molecule has 15 heavy (non-hydrogen) atoms. The van der Waals surface area contributed by atoms with Gasteiger partial charge in [-0.3, -0.25) is 0 Å². The second kappa shape index (κ2) is 3.51. The predicted octanol–water partition coefficient (Wildman–Crippen LogP) is 3.73. The summed E-state index contributed by atoms with van der Waals surface area (Å²) in [5.41, 5.74) is 2.10. The Labute approximate surface area is 90.7 Å². The van der Waals surface area contributed by atoms with E-state index < -0.39 is 0 Å². The molecular formula is C13H18FN. The van der Waals surface area contributed by atoms with Gasteiger partial charge in [0, 0.05) is 6.04 Å². The standard InChI is InChI=1S/C13H18FN/c1-9-4-5-11(14)12(8-9)15-10(2)13(3)6-7-13/h4-5,8,10,15H,6-7H2,1-3H3. The van der Waals surface area contributed by atoms with Crippen LogP contribution in [0.25, 0.3) is 0 Å². The van der Waals surface area contributed by atoms with Gasteiger partial charge in [0.15, 0.2) is 0 Å². The van der Waals surface area contributed by atoms with E-state index in [4.69, 9.17) is 0 Å². The fourth-order valence-corrected chi connectivity index (χ4v) is 1.79. The summed E-state index contributed by atoms with van der Waals surface area (Å²) in [6.07, 6.45) is 2.49. The van der Waals surface area contributed by atoms with Crippen LogP contribution in [0.15, 0.2) is 18.2 Å². The maximum atomic E-state index is 13.5. The predicted molar refractivity (Wildman–Crippen MR) is 61.6 cm³/mol. The third-order valence-corrected chi connectivity index (χ3v) is 3.58. The summed E-state index contributed by atoms with van der Waals surface area (Å²) in [5.74, 6) is -0.156.